The first-order valence-electron chi connectivity index (χ1n) is 6.51. The molecule has 0 amide bonds. The smallest absolute Gasteiger partial charge is 0.0513 e. The summed E-state index contributed by atoms with van der Waals surface area (Å²) in [6.07, 6.45) is 4.84. The molecule has 2 N–H and O–H groups in total. The molecule has 1 aromatic rings. The van der Waals surface area contributed by atoms with Gasteiger partial charge in [0, 0.05) is 17.1 Å². The van der Waals surface area contributed by atoms with Crippen LogP contribution in [0.1, 0.15) is 31.7 Å². The summed E-state index contributed by atoms with van der Waals surface area (Å²) in [6, 6.07) is 7.43. The Bertz CT molecular complexity index is 374. The number of nitrogens with two attached hydrogens (primary N) is 1. The Morgan fingerprint density at radius 3 is 2.71 bits per heavy atom. The highest BCUT2D eigenvalue weighted by atomic mass is 79.9. The summed E-state index contributed by atoms with van der Waals surface area (Å²) < 4.78 is 1.21. The number of hydrogen-bond acceptors (Lipinski definition) is 2. The van der Waals surface area contributed by atoms with Gasteiger partial charge in [-0.3, -0.25) is 0 Å². The summed E-state index contributed by atoms with van der Waals surface area (Å²) >= 11 is 3.70. The minimum absolute atomic E-state index is 0.715. The molecule has 0 spiro atoms. The van der Waals surface area contributed by atoms with E-state index in [0.717, 1.165) is 19.0 Å². The lowest BCUT2D eigenvalue weighted by atomic mass is 10.1. The Morgan fingerprint density at radius 2 is 2.18 bits per heavy atom. The van der Waals surface area contributed by atoms with E-state index in [-0.39, 0.29) is 0 Å². The van der Waals surface area contributed by atoms with Gasteiger partial charge in [0.25, 0.3) is 0 Å². The standard InChI is InChI=1S/C14H21BrN2/c1-2-9-17(12-4-5-12)14-6-3-11(7-8-16)10-13(14)15/h3,6,10,12H,2,4-5,7-9,16H2,1H3. The lowest BCUT2D eigenvalue weighted by Gasteiger charge is -2.25. The molecule has 0 aromatic heterocycles. The molecule has 0 atom stereocenters. The molecular formula is C14H21BrN2. The van der Waals surface area contributed by atoms with Gasteiger partial charge in [0.15, 0.2) is 0 Å². The van der Waals surface area contributed by atoms with Crippen molar-refractivity contribution in [2.45, 2.75) is 38.6 Å². The third kappa shape index (κ3) is 3.23. The van der Waals surface area contributed by atoms with Gasteiger partial charge in [-0.2, -0.15) is 0 Å². The van der Waals surface area contributed by atoms with Crippen LogP contribution in [0.3, 0.4) is 0 Å². The number of halogens is 1. The number of anilines is 1. The molecule has 2 rings (SSSR count). The van der Waals surface area contributed by atoms with Crippen LogP contribution < -0.4 is 10.6 Å². The lowest BCUT2D eigenvalue weighted by molar-refractivity contribution is 0.761. The van der Waals surface area contributed by atoms with Crippen molar-refractivity contribution in [1.82, 2.24) is 0 Å². The van der Waals surface area contributed by atoms with Crippen molar-refractivity contribution < 1.29 is 0 Å². The topological polar surface area (TPSA) is 29.3 Å². The predicted octanol–water partition coefficient (Wildman–Crippen LogP) is 3.33. The third-order valence-corrected chi connectivity index (χ3v) is 3.84. The molecule has 0 aliphatic heterocycles. The summed E-state index contributed by atoms with van der Waals surface area (Å²) in [4.78, 5) is 2.54. The molecular weight excluding hydrogens is 276 g/mol. The Hall–Kier alpha value is -0.540. The van der Waals surface area contributed by atoms with Crippen LogP contribution in [0.2, 0.25) is 0 Å². The fraction of sp³-hybridized carbons (Fsp3) is 0.571. The average Bonchev–Trinajstić information content (AvgIpc) is 3.11. The number of nitrogens with zero attached hydrogens (tertiary/aromatic N) is 1. The van der Waals surface area contributed by atoms with Crippen LogP contribution in [-0.4, -0.2) is 19.1 Å². The van der Waals surface area contributed by atoms with Crippen LogP contribution in [0.5, 0.6) is 0 Å². The van der Waals surface area contributed by atoms with Crippen LogP contribution in [0.4, 0.5) is 5.69 Å². The molecule has 94 valence electrons. The first-order valence-corrected chi connectivity index (χ1v) is 7.30. The molecule has 1 saturated carbocycles. The number of rotatable bonds is 6. The zero-order valence-corrected chi connectivity index (χ0v) is 12.0. The monoisotopic (exact) mass is 296 g/mol. The molecule has 1 aliphatic carbocycles. The second-order valence-corrected chi connectivity index (χ2v) is 5.60. The van der Waals surface area contributed by atoms with Crippen molar-refractivity contribution in [3.05, 3.63) is 28.2 Å². The molecule has 0 heterocycles. The van der Waals surface area contributed by atoms with E-state index in [9.17, 15) is 0 Å². The number of benzene rings is 1. The van der Waals surface area contributed by atoms with Gasteiger partial charge in [-0.15, -0.1) is 0 Å². The molecule has 0 saturated heterocycles. The summed E-state index contributed by atoms with van der Waals surface area (Å²) in [7, 11) is 0. The first-order chi connectivity index (χ1) is 8.26. The highest BCUT2D eigenvalue weighted by molar-refractivity contribution is 9.10. The van der Waals surface area contributed by atoms with E-state index in [4.69, 9.17) is 5.73 Å². The quantitative estimate of drug-likeness (QED) is 0.872. The lowest BCUT2D eigenvalue weighted by Crippen LogP contribution is -2.26. The minimum atomic E-state index is 0.715. The van der Waals surface area contributed by atoms with E-state index in [1.54, 1.807) is 0 Å². The summed E-state index contributed by atoms with van der Waals surface area (Å²) in [5.41, 5.74) is 8.25. The van der Waals surface area contributed by atoms with Crippen LogP contribution >= 0.6 is 15.9 Å². The van der Waals surface area contributed by atoms with Crippen molar-refractivity contribution in [3.63, 3.8) is 0 Å². The van der Waals surface area contributed by atoms with Crippen LogP contribution in [0.15, 0.2) is 22.7 Å². The fourth-order valence-electron chi connectivity index (χ4n) is 2.23. The van der Waals surface area contributed by atoms with Crippen molar-refractivity contribution in [2.24, 2.45) is 5.73 Å². The molecule has 1 aromatic carbocycles. The zero-order chi connectivity index (χ0) is 12.3. The highest BCUT2D eigenvalue weighted by Gasteiger charge is 2.29. The van der Waals surface area contributed by atoms with Gasteiger partial charge in [-0.25, -0.2) is 0 Å². The Labute approximate surface area is 112 Å². The Balaban J connectivity index is 2.18. The van der Waals surface area contributed by atoms with E-state index in [1.807, 2.05) is 0 Å². The first kappa shape index (κ1) is 12.9. The fourth-order valence-corrected chi connectivity index (χ4v) is 2.89. The van der Waals surface area contributed by atoms with Gasteiger partial charge in [0.05, 0.1) is 5.69 Å². The summed E-state index contributed by atoms with van der Waals surface area (Å²) in [5.74, 6) is 0. The minimum Gasteiger partial charge on any atom is -0.368 e. The molecule has 17 heavy (non-hydrogen) atoms. The molecule has 2 nitrogen and oxygen atoms in total. The van der Waals surface area contributed by atoms with E-state index in [1.165, 1.54) is 35.0 Å². The second kappa shape index (κ2) is 5.87. The molecule has 0 unspecified atom stereocenters. The van der Waals surface area contributed by atoms with Gasteiger partial charge < -0.3 is 10.6 Å². The predicted molar refractivity (Wildman–Crippen MR) is 77.6 cm³/mol. The summed E-state index contributed by atoms with van der Waals surface area (Å²) in [5, 5.41) is 0. The molecule has 0 bridgehead atoms. The largest absolute Gasteiger partial charge is 0.368 e. The van der Waals surface area contributed by atoms with E-state index in [0.29, 0.717) is 6.54 Å². The SMILES string of the molecule is CCCN(c1ccc(CCN)cc1Br)C1CC1. The highest BCUT2D eigenvalue weighted by Crippen LogP contribution is 2.36. The van der Waals surface area contributed by atoms with Gasteiger partial charge in [0.1, 0.15) is 0 Å². The normalized spacial score (nSPS) is 15.0. The van der Waals surface area contributed by atoms with E-state index in [2.05, 4.69) is 46.0 Å². The average molecular weight is 297 g/mol. The molecule has 3 heteroatoms. The van der Waals surface area contributed by atoms with Crippen molar-refractivity contribution in [1.29, 1.82) is 0 Å². The van der Waals surface area contributed by atoms with Crippen LogP contribution in [-0.2, 0) is 6.42 Å². The second-order valence-electron chi connectivity index (χ2n) is 4.75. The van der Waals surface area contributed by atoms with Crippen molar-refractivity contribution in [2.75, 3.05) is 18.0 Å². The van der Waals surface area contributed by atoms with E-state index < -0.39 is 0 Å². The zero-order valence-electron chi connectivity index (χ0n) is 10.5. The number of hydrogen-bond donors (Lipinski definition) is 1. The van der Waals surface area contributed by atoms with Gasteiger partial charge in [0.2, 0.25) is 0 Å². The Kier molecular flexibility index (Phi) is 4.46. The Morgan fingerprint density at radius 1 is 1.41 bits per heavy atom. The third-order valence-electron chi connectivity index (χ3n) is 3.21. The van der Waals surface area contributed by atoms with E-state index >= 15 is 0 Å². The maximum Gasteiger partial charge on any atom is 0.0513 e. The van der Waals surface area contributed by atoms with Crippen molar-refractivity contribution in [3.8, 4) is 0 Å². The van der Waals surface area contributed by atoms with Crippen LogP contribution in [0.25, 0.3) is 0 Å². The molecule has 1 aliphatic rings. The van der Waals surface area contributed by atoms with Gasteiger partial charge in [-0.05, 0) is 65.9 Å². The van der Waals surface area contributed by atoms with Crippen LogP contribution in [0, 0.1) is 0 Å². The maximum absolute atomic E-state index is 5.59. The van der Waals surface area contributed by atoms with Gasteiger partial charge >= 0.3 is 0 Å². The summed E-state index contributed by atoms with van der Waals surface area (Å²) in [6.45, 7) is 4.11. The molecule has 1 fully saturated rings. The molecule has 0 radical (unpaired) electrons. The maximum atomic E-state index is 5.59. The van der Waals surface area contributed by atoms with Gasteiger partial charge in [-0.1, -0.05) is 13.0 Å². The van der Waals surface area contributed by atoms with Crippen molar-refractivity contribution >= 4 is 21.6 Å².